The van der Waals surface area contributed by atoms with Crippen molar-refractivity contribution < 1.29 is 14.5 Å². The van der Waals surface area contributed by atoms with Gasteiger partial charge in [0.1, 0.15) is 0 Å². The minimum absolute atomic E-state index is 0.00439. The van der Waals surface area contributed by atoms with E-state index in [0.717, 1.165) is 16.9 Å². The zero-order valence-corrected chi connectivity index (χ0v) is 12.3. The Kier molecular flexibility index (Phi) is 3.60. The molecule has 0 saturated carbocycles. The van der Waals surface area contributed by atoms with Gasteiger partial charge < -0.3 is 4.74 Å². The first kappa shape index (κ1) is 14.2. The normalized spacial score (nSPS) is 17.0. The van der Waals surface area contributed by atoms with Gasteiger partial charge in [-0.05, 0) is 18.2 Å². The Bertz CT molecular complexity index is 756. The molecule has 0 fully saturated rings. The highest BCUT2D eigenvalue weighted by Gasteiger charge is 2.34. The number of carbonyl (C=O) groups is 1. The predicted molar refractivity (Wildman–Crippen MR) is 80.3 cm³/mol. The Balaban J connectivity index is 1.92. The summed E-state index contributed by atoms with van der Waals surface area (Å²) < 4.78 is 5.74. The van der Waals surface area contributed by atoms with Crippen molar-refractivity contribution in [1.29, 1.82) is 0 Å². The number of benzene rings is 1. The van der Waals surface area contributed by atoms with Crippen LogP contribution >= 0.6 is 11.3 Å². The van der Waals surface area contributed by atoms with Gasteiger partial charge in [-0.3, -0.25) is 14.9 Å². The van der Waals surface area contributed by atoms with E-state index in [9.17, 15) is 14.9 Å². The molecule has 1 aliphatic rings. The third-order valence-electron chi connectivity index (χ3n) is 3.02. The van der Waals surface area contributed by atoms with E-state index in [1.165, 1.54) is 18.0 Å². The van der Waals surface area contributed by atoms with Crippen LogP contribution in [0, 0.1) is 10.1 Å². The van der Waals surface area contributed by atoms with Crippen LogP contribution in [0.25, 0.3) is 0 Å². The molecular formula is C14H11N3O4S. The molecule has 7 nitrogen and oxygen atoms in total. The minimum Gasteiger partial charge on any atom is -0.445 e. The molecule has 3 rings (SSSR count). The smallest absolute Gasteiger partial charge is 0.324 e. The summed E-state index contributed by atoms with van der Waals surface area (Å²) in [4.78, 5) is 22.6. The topological polar surface area (TPSA) is 85.0 Å². The lowest BCUT2D eigenvalue weighted by Crippen LogP contribution is -2.24. The lowest BCUT2D eigenvalue weighted by Gasteiger charge is -2.17. The Hall–Kier alpha value is -2.74. The van der Waals surface area contributed by atoms with E-state index in [0.29, 0.717) is 10.8 Å². The van der Waals surface area contributed by atoms with Crippen molar-refractivity contribution in [3.63, 3.8) is 0 Å². The molecule has 0 spiro atoms. The van der Waals surface area contributed by atoms with Gasteiger partial charge in [0.2, 0.25) is 18.0 Å². The fourth-order valence-corrected chi connectivity index (χ4v) is 2.86. The summed E-state index contributed by atoms with van der Waals surface area (Å²) in [6.45, 7) is 1.37. The van der Waals surface area contributed by atoms with Crippen molar-refractivity contribution in [1.82, 2.24) is 5.01 Å². The van der Waals surface area contributed by atoms with Crippen LogP contribution in [-0.4, -0.2) is 21.7 Å². The van der Waals surface area contributed by atoms with Crippen LogP contribution in [0.1, 0.15) is 23.6 Å². The largest absolute Gasteiger partial charge is 0.445 e. The standard InChI is InChI=1S/C14H11N3O4S/c1-9(18)16-14(11-7-8-12(22-11)17(19)20)21-13(15-16)10-5-3-2-4-6-10/h2-8,14H,1H3/t14-/m0/s1. The van der Waals surface area contributed by atoms with Crippen LogP contribution in [0.5, 0.6) is 0 Å². The van der Waals surface area contributed by atoms with Crippen molar-refractivity contribution >= 4 is 28.1 Å². The first-order valence-corrected chi connectivity index (χ1v) is 7.22. The molecule has 1 aromatic heterocycles. The number of hydrogen-bond donors (Lipinski definition) is 0. The van der Waals surface area contributed by atoms with E-state index in [1.54, 1.807) is 6.07 Å². The molecule has 0 unspecified atom stereocenters. The van der Waals surface area contributed by atoms with Crippen LogP contribution in [0.2, 0.25) is 0 Å². The van der Waals surface area contributed by atoms with Gasteiger partial charge in [0.25, 0.3) is 0 Å². The maximum Gasteiger partial charge on any atom is 0.324 e. The number of hydrazone groups is 1. The summed E-state index contributed by atoms with van der Waals surface area (Å²) in [5.41, 5.74) is 0.738. The van der Waals surface area contributed by atoms with E-state index in [4.69, 9.17) is 4.74 Å². The number of ether oxygens (including phenoxy) is 1. The molecule has 1 amide bonds. The summed E-state index contributed by atoms with van der Waals surface area (Å²) in [5, 5.41) is 16.2. The molecule has 1 atom stereocenters. The van der Waals surface area contributed by atoms with Crippen LogP contribution < -0.4 is 0 Å². The Morgan fingerprint density at radius 3 is 2.64 bits per heavy atom. The molecule has 8 heteroatoms. The van der Waals surface area contributed by atoms with Gasteiger partial charge in [-0.1, -0.05) is 29.5 Å². The number of nitro groups is 1. The number of rotatable bonds is 3. The lowest BCUT2D eigenvalue weighted by atomic mass is 10.2. The van der Waals surface area contributed by atoms with Gasteiger partial charge in [-0.2, -0.15) is 5.01 Å². The van der Waals surface area contributed by atoms with Crippen molar-refractivity contribution in [2.24, 2.45) is 5.10 Å². The second-order valence-electron chi connectivity index (χ2n) is 4.54. The Labute approximate surface area is 129 Å². The molecule has 22 heavy (non-hydrogen) atoms. The SMILES string of the molecule is CC(=O)N1N=C(c2ccccc2)O[C@H]1c1ccc([N+](=O)[O-])s1. The van der Waals surface area contributed by atoms with Gasteiger partial charge in [-0.15, -0.1) is 5.10 Å². The molecule has 112 valence electrons. The molecule has 0 radical (unpaired) electrons. The molecule has 0 bridgehead atoms. The van der Waals surface area contributed by atoms with E-state index in [1.807, 2.05) is 30.3 Å². The molecule has 2 heterocycles. The van der Waals surface area contributed by atoms with Gasteiger partial charge in [0, 0.05) is 18.6 Å². The monoisotopic (exact) mass is 317 g/mol. The van der Waals surface area contributed by atoms with Crippen molar-refractivity contribution in [2.75, 3.05) is 0 Å². The maximum atomic E-state index is 11.8. The zero-order chi connectivity index (χ0) is 15.7. The summed E-state index contributed by atoms with van der Waals surface area (Å²) >= 11 is 0.965. The van der Waals surface area contributed by atoms with Crippen molar-refractivity contribution in [3.05, 3.63) is 63.0 Å². The number of carbonyl (C=O) groups excluding carboxylic acids is 1. The van der Waals surface area contributed by atoms with Crippen LogP contribution in [0.4, 0.5) is 5.00 Å². The second kappa shape index (κ2) is 5.57. The fourth-order valence-electron chi connectivity index (χ4n) is 2.02. The number of amides is 1. The Morgan fingerprint density at radius 1 is 1.32 bits per heavy atom. The predicted octanol–water partition coefficient (Wildman–Crippen LogP) is 2.90. The van der Waals surface area contributed by atoms with Crippen molar-refractivity contribution in [3.8, 4) is 0 Å². The molecule has 0 saturated heterocycles. The molecule has 0 aliphatic carbocycles. The summed E-state index contributed by atoms with van der Waals surface area (Å²) in [7, 11) is 0. The average Bonchev–Trinajstić information content (AvgIpc) is 3.15. The Morgan fingerprint density at radius 2 is 2.05 bits per heavy atom. The quantitative estimate of drug-likeness (QED) is 0.643. The third-order valence-corrected chi connectivity index (χ3v) is 4.09. The number of nitrogens with zero attached hydrogens (tertiary/aromatic N) is 3. The van der Waals surface area contributed by atoms with Gasteiger partial charge >= 0.3 is 5.00 Å². The zero-order valence-electron chi connectivity index (χ0n) is 11.5. The highest BCUT2D eigenvalue weighted by molar-refractivity contribution is 7.15. The van der Waals surface area contributed by atoms with Gasteiger partial charge in [-0.25, -0.2) is 0 Å². The van der Waals surface area contributed by atoms with Gasteiger partial charge in [0.15, 0.2) is 0 Å². The van der Waals surface area contributed by atoms with Crippen LogP contribution in [0.15, 0.2) is 47.6 Å². The van der Waals surface area contributed by atoms with E-state index in [-0.39, 0.29) is 10.9 Å². The fraction of sp³-hybridized carbons (Fsp3) is 0.143. The molecule has 1 aliphatic heterocycles. The first-order valence-electron chi connectivity index (χ1n) is 6.41. The highest BCUT2D eigenvalue weighted by atomic mass is 32.1. The van der Waals surface area contributed by atoms with E-state index in [2.05, 4.69) is 5.10 Å². The maximum absolute atomic E-state index is 11.8. The third kappa shape index (κ3) is 2.56. The van der Waals surface area contributed by atoms with Crippen molar-refractivity contribution in [2.45, 2.75) is 13.2 Å². The first-order chi connectivity index (χ1) is 10.6. The molecule has 0 N–H and O–H groups in total. The second-order valence-corrected chi connectivity index (χ2v) is 5.63. The van der Waals surface area contributed by atoms with Crippen LogP contribution in [-0.2, 0) is 9.53 Å². The summed E-state index contributed by atoms with van der Waals surface area (Å²) in [5.74, 6) is 0.0174. The summed E-state index contributed by atoms with van der Waals surface area (Å²) in [6.07, 6.45) is -0.772. The highest BCUT2D eigenvalue weighted by Crippen LogP contribution is 2.36. The minimum atomic E-state index is -0.772. The molecule has 2 aromatic rings. The average molecular weight is 317 g/mol. The summed E-state index contributed by atoms with van der Waals surface area (Å²) in [6, 6.07) is 12.1. The molecule has 1 aromatic carbocycles. The lowest BCUT2D eigenvalue weighted by molar-refractivity contribution is -0.380. The number of thiophene rings is 1. The van der Waals surface area contributed by atoms with Crippen LogP contribution in [0.3, 0.4) is 0 Å². The van der Waals surface area contributed by atoms with Gasteiger partial charge in [0.05, 0.1) is 9.80 Å². The van der Waals surface area contributed by atoms with E-state index >= 15 is 0 Å². The molecular weight excluding hydrogens is 306 g/mol. The van der Waals surface area contributed by atoms with E-state index < -0.39 is 11.2 Å². The number of hydrogen-bond acceptors (Lipinski definition) is 6.